The number of aromatic nitrogens is 7. The Morgan fingerprint density at radius 1 is 1.12 bits per heavy atom. The first-order chi connectivity index (χ1) is 7.93. The maximum Gasteiger partial charge on any atom is 0.169 e. The zero-order valence-corrected chi connectivity index (χ0v) is 8.18. The van der Waals surface area contributed by atoms with Crippen LogP contribution in [0.1, 0.15) is 5.82 Å². The molecule has 0 amide bonds. The smallest absolute Gasteiger partial charge is 0.169 e. The van der Waals surface area contributed by atoms with Gasteiger partial charge in [-0.2, -0.15) is 5.10 Å². The fourth-order valence-electron chi connectivity index (χ4n) is 1.38. The minimum Gasteiger partial charge on any atom is -0.361 e. The van der Waals surface area contributed by atoms with Gasteiger partial charge < -0.3 is 10.3 Å². The molecule has 3 heterocycles. The highest BCUT2D eigenvalue weighted by atomic mass is 15.2. The molecule has 0 aliphatic heterocycles. The predicted octanol–water partition coefficient (Wildman–Crippen LogP) is 0.0831. The van der Waals surface area contributed by atoms with Crippen molar-refractivity contribution in [2.75, 3.05) is 5.32 Å². The lowest BCUT2D eigenvalue weighted by atomic mass is 10.4. The summed E-state index contributed by atoms with van der Waals surface area (Å²) in [6.07, 6.45) is 4.58. The van der Waals surface area contributed by atoms with Crippen LogP contribution in [-0.4, -0.2) is 35.1 Å². The summed E-state index contributed by atoms with van der Waals surface area (Å²) in [5.74, 6) is 1.33. The fourth-order valence-corrected chi connectivity index (χ4v) is 1.38. The Kier molecular flexibility index (Phi) is 1.96. The zero-order chi connectivity index (χ0) is 10.8. The van der Waals surface area contributed by atoms with Crippen LogP contribution < -0.4 is 5.32 Å². The third-order valence-corrected chi connectivity index (χ3v) is 2.10. The lowest BCUT2D eigenvalue weighted by Crippen LogP contribution is -2.04. The monoisotopic (exact) mass is 216 g/mol. The second kappa shape index (κ2) is 3.57. The Morgan fingerprint density at radius 2 is 2.12 bits per heavy atom. The van der Waals surface area contributed by atoms with Crippen molar-refractivity contribution in [3.8, 4) is 0 Å². The van der Waals surface area contributed by atoms with Crippen LogP contribution in [0.15, 0.2) is 19.0 Å². The summed E-state index contributed by atoms with van der Waals surface area (Å²) in [6.45, 7) is 0.489. The molecule has 0 aliphatic rings. The highest BCUT2D eigenvalue weighted by molar-refractivity contribution is 5.81. The van der Waals surface area contributed by atoms with E-state index in [0.29, 0.717) is 29.4 Å². The van der Waals surface area contributed by atoms with Gasteiger partial charge >= 0.3 is 0 Å². The molecule has 8 heteroatoms. The molecular weight excluding hydrogens is 208 g/mol. The molecule has 3 N–H and O–H groups in total. The number of nitrogens with one attached hydrogen (secondary N) is 3. The van der Waals surface area contributed by atoms with E-state index in [-0.39, 0.29) is 0 Å². The van der Waals surface area contributed by atoms with Crippen molar-refractivity contribution in [1.29, 1.82) is 0 Å². The van der Waals surface area contributed by atoms with Gasteiger partial charge in [-0.1, -0.05) is 0 Å². The van der Waals surface area contributed by atoms with Crippen molar-refractivity contribution in [2.45, 2.75) is 6.54 Å². The van der Waals surface area contributed by atoms with E-state index >= 15 is 0 Å². The molecule has 0 radical (unpaired) electrons. The van der Waals surface area contributed by atoms with Crippen molar-refractivity contribution >= 4 is 17.0 Å². The van der Waals surface area contributed by atoms with Gasteiger partial charge in [0.1, 0.15) is 18.2 Å². The van der Waals surface area contributed by atoms with Crippen LogP contribution in [0.3, 0.4) is 0 Å². The van der Waals surface area contributed by atoms with Crippen molar-refractivity contribution < 1.29 is 0 Å². The van der Waals surface area contributed by atoms with E-state index in [4.69, 9.17) is 0 Å². The molecule has 3 rings (SSSR count). The van der Waals surface area contributed by atoms with Gasteiger partial charge in [-0.3, -0.25) is 5.10 Å². The predicted molar refractivity (Wildman–Crippen MR) is 55.4 cm³/mol. The number of fused-ring (bicyclic) bond motifs is 1. The Hall–Kier alpha value is -2.51. The number of hydrogen-bond donors (Lipinski definition) is 3. The number of rotatable bonds is 3. The maximum absolute atomic E-state index is 4.13. The number of nitrogens with zero attached hydrogens (tertiary/aromatic N) is 5. The van der Waals surface area contributed by atoms with Gasteiger partial charge in [-0.25, -0.2) is 19.9 Å². The average molecular weight is 216 g/mol. The first-order valence-electron chi connectivity index (χ1n) is 4.66. The quantitative estimate of drug-likeness (QED) is 0.572. The molecule has 3 aromatic heterocycles. The second-order valence-corrected chi connectivity index (χ2v) is 3.09. The van der Waals surface area contributed by atoms with Crippen LogP contribution in [-0.2, 0) is 6.54 Å². The highest BCUT2D eigenvalue weighted by Crippen LogP contribution is 2.14. The fraction of sp³-hybridized carbons (Fsp3) is 0.125. The van der Waals surface area contributed by atoms with Crippen LogP contribution in [0.25, 0.3) is 11.2 Å². The highest BCUT2D eigenvalue weighted by Gasteiger charge is 2.05. The van der Waals surface area contributed by atoms with Gasteiger partial charge in [-0.15, -0.1) is 0 Å². The molecule has 0 fully saturated rings. The Morgan fingerprint density at radius 3 is 3.00 bits per heavy atom. The molecule has 3 aromatic rings. The third kappa shape index (κ3) is 1.45. The lowest BCUT2D eigenvalue weighted by molar-refractivity contribution is 0.947. The van der Waals surface area contributed by atoms with Gasteiger partial charge in [0.2, 0.25) is 0 Å². The van der Waals surface area contributed by atoms with Crippen molar-refractivity contribution in [3.63, 3.8) is 0 Å². The van der Waals surface area contributed by atoms with E-state index in [1.807, 2.05) is 0 Å². The summed E-state index contributed by atoms with van der Waals surface area (Å²) in [5.41, 5.74) is 1.41. The van der Waals surface area contributed by atoms with E-state index in [1.54, 1.807) is 6.33 Å². The zero-order valence-electron chi connectivity index (χ0n) is 8.18. The van der Waals surface area contributed by atoms with Crippen molar-refractivity contribution in [1.82, 2.24) is 35.1 Å². The molecule has 0 saturated carbocycles. The SMILES string of the molecule is c1nc(NCc2nc[nH]n2)c2nc[nH]c2n1. The maximum atomic E-state index is 4.13. The molecule has 0 saturated heterocycles. The molecule has 0 atom stereocenters. The van der Waals surface area contributed by atoms with E-state index in [2.05, 4.69) is 40.4 Å². The summed E-state index contributed by atoms with van der Waals surface area (Å²) < 4.78 is 0. The summed E-state index contributed by atoms with van der Waals surface area (Å²) in [7, 11) is 0. The summed E-state index contributed by atoms with van der Waals surface area (Å²) in [4.78, 5) is 19.2. The van der Waals surface area contributed by atoms with Crippen LogP contribution >= 0.6 is 0 Å². The van der Waals surface area contributed by atoms with E-state index in [1.165, 1.54) is 12.7 Å². The third-order valence-electron chi connectivity index (χ3n) is 2.10. The van der Waals surface area contributed by atoms with Gasteiger partial charge in [0.05, 0.1) is 12.9 Å². The number of aromatic amines is 2. The minimum absolute atomic E-state index is 0.489. The van der Waals surface area contributed by atoms with Gasteiger partial charge in [0.25, 0.3) is 0 Å². The average Bonchev–Trinajstić information content (AvgIpc) is 2.97. The number of hydrogen-bond acceptors (Lipinski definition) is 6. The normalized spacial score (nSPS) is 10.8. The van der Waals surface area contributed by atoms with Crippen LogP contribution in [0, 0.1) is 0 Å². The van der Waals surface area contributed by atoms with Crippen molar-refractivity contribution in [3.05, 3.63) is 24.8 Å². The van der Waals surface area contributed by atoms with Gasteiger partial charge in [-0.05, 0) is 0 Å². The molecule has 0 spiro atoms. The van der Waals surface area contributed by atoms with Crippen LogP contribution in [0.2, 0.25) is 0 Å². The first-order valence-corrected chi connectivity index (χ1v) is 4.66. The Balaban J connectivity index is 1.86. The van der Waals surface area contributed by atoms with Crippen LogP contribution in [0.4, 0.5) is 5.82 Å². The topological polar surface area (TPSA) is 108 Å². The van der Waals surface area contributed by atoms with Gasteiger partial charge in [0.15, 0.2) is 17.3 Å². The van der Waals surface area contributed by atoms with Gasteiger partial charge in [0, 0.05) is 0 Å². The molecule has 0 aliphatic carbocycles. The minimum atomic E-state index is 0.489. The number of imidazole rings is 1. The summed E-state index contributed by atoms with van der Waals surface area (Å²) in [6, 6.07) is 0. The summed E-state index contributed by atoms with van der Waals surface area (Å²) in [5, 5.41) is 9.67. The molecule has 80 valence electrons. The van der Waals surface area contributed by atoms with Crippen LogP contribution in [0.5, 0.6) is 0 Å². The molecular formula is C8H8N8. The second-order valence-electron chi connectivity index (χ2n) is 3.09. The van der Waals surface area contributed by atoms with E-state index < -0.39 is 0 Å². The number of anilines is 1. The summed E-state index contributed by atoms with van der Waals surface area (Å²) >= 11 is 0. The number of H-pyrrole nitrogens is 2. The largest absolute Gasteiger partial charge is 0.361 e. The molecule has 8 nitrogen and oxygen atoms in total. The molecule has 16 heavy (non-hydrogen) atoms. The first kappa shape index (κ1) is 8.77. The lowest BCUT2D eigenvalue weighted by Gasteiger charge is -2.01. The standard InChI is InChI=1S/C8H8N8/c1(5-10-4-15-16-5)9-7-6-8(12-2-11-6)14-3-13-7/h2-4H,1H2,(H,10,15,16)(H2,9,11,12,13,14). The molecule has 0 bridgehead atoms. The Bertz CT molecular complexity index is 583. The van der Waals surface area contributed by atoms with Crippen molar-refractivity contribution in [2.24, 2.45) is 0 Å². The molecule has 0 unspecified atom stereocenters. The van der Waals surface area contributed by atoms with E-state index in [9.17, 15) is 0 Å². The van der Waals surface area contributed by atoms with E-state index in [0.717, 1.165) is 0 Å². The Labute approximate surface area is 89.6 Å². The molecule has 0 aromatic carbocycles.